The number of nitrogens with zero attached hydrogens (tertiary/aromatic N) is 2. The number of thioether (sulfide) groups is 1. The van der Waals surface area contributed by atoms with E-state index in [1.54, 1.807) is 0 Å². The van der Waals surface area contributed by atoms with Crippen LogP contribution in [0.25, 0.3) is 0 Å². The van der Waals surface area contributed by atoms with E-state index in [-0.39, 0.29) is 6.04 Å². The minimum absolute atomic E-state index is 0.160. The summed E-state index contributed by atoms with van der Waals surface area (Å²) in [5.41, 5.74) is 5.63. The SMILES string of the molecule is CC(N)c1nc(CC2CCCS2)no1. The molecule has 5 heteroatoms. The molecule has 2 rings (SSSR count). The maximum absolute atomic E-state index is 5.63. The number of aromatic nitrogens is 2. The lowest BCUT2D eigenvalue weighted by Gasteiger charge is -2.02. The van der Waals surface area contributed by atoms with Crippen molar-refractivity contribution in [3.63, 3.8) is 0 Å². The van der Waals surface area contributed by atoms with Crippen molar-refractivity contribution in [1.82, 2.24) is 10.1 Å². The molecule has 14 heavy (non-hydrogen) atoms. The van der Waals surface area contributed by atoms with Crippen LogP contribution in [-0.2, 0) is 6.42 Å². The van der Waals surface area contributed by atoms with Crippen molar-refractivity contribution in [3.05, 3.63) is 11.7 Å². The third-order valence-corrected chi connectivity index (χ3v) is 3.71. The van der Waals surface area contributed by atoms with Crippen LogP contribution >= 0.6 is 11.8 Å². The maximum atomic E-state index is 5.63. The largest absolute Gasteiger partial charge is 0.338 e. The molecule has 1 fully saturated rings. The fourth-order valence-electron chi connectivity index (χ4n) is 1.54. The van der Waals surface area contributed by atoms with Crippen molar-refractivity contribution in [2.24, 2.45) is 5.73 Å². The molecular weight excluding hydrogens is 198 g/mol. The van der Waals surface area contributed by atoms with Gasteiger partial charge in [0.2, 0.25) is 5.89 Å². The first kappa shape index (κ1) is 9.98. The topological polar surface area (TPSA) is 64.9 Å². The highest BCUT2D eigenvalue weighted by molar-refractivity contribution is 8.00. The minimum Gasteiger partial charge on any atom is -0.338 e. The Labute approximate surface area is 87.6 Å². The number of hydrogen-bond acceptors (Lipinski definition) is 5. The summed E-state index contributed by atoms with van der Waals surface area (Å²) in [6, 6.07) is -0.160. The zero-order valence-corrected chi connectivity index (χ0v) is 9.09. The van der Waals surface area contributed by atoms with Crippen LogP contribution in [0.3, 0.4) is 0 Å². The van der Waals surface area contributed by atoms with Gasteiger partial charge in [0.05, 0.1) is 6.04 Å². The van der Waals surface area contributed by atoms with Crippen molar-refractivity contribution in [2.75, 3.05) is 5.75 Å². The Hall–Kier alpha value is -0.550. The van der Waals surface area contributed by atoms with E-state index in [1.807, 2.05) is 18.7 Å². The number of rotatable bonds is 3. The predicted molar refractivity (Wildman–Crippen MR) is 56.1 cm³/mol. The molecule has 78 valence electrons. The van der Waals surface area contributed by atoms with Crippen molar-refractivity contribution in [1.29, 1.82) is 0 Å². The Bertz CT molecular complexity index is 294. The molecule has 1 aliphatic heterocycles. The molecule has 1 aliphatic rings. The van der Waals surface area contributed by atoms with E-state index < -0.39 is 0 Å². The van der Waals surface area contributed by atoms with Crippen LogP contribution in [0.2, 0.25) is 0 Å². The quantitative estimate of drug-likeness (QED) is 0.824. The summed E-state index contributed by atoms with van der Waals surface area (Å²) in [4.78, 5) is 4.26. The summed E-state index contributed by atoms with van der Waals surface area (Å²) in [6.07, 6.45) is 3.50. The van der Waals surface area contributed by atoms with E-state index in [0.717, 1.165) is 12.2 Å². The van der Waals surface area contributed by atoms with Crippen LogP contribution in [0.1, 0.15) is 37.5 Å². The maximum Gasteiger partial charge on any atom is 0.243 e. The molecule has 0 saturated carbocycles. The highest BCUT2D eigenvalue weighted by Crippen LogP contribution is 2.28. The lowest BCUT2D eigenvalue weighted by molar-refractivity contribution is 0.357. The van der Waals surface area contributed by atoms with E-state index in [9.17, 15) is 0 Å². The fourth-order valence-corrected chi connectivity index (χ4v) is 2.81. The molecule has 0 amide bonds. The van der Waals surface area contributed by atoms with Gasteiger partial charge in [0.15, 0.2) is 5.82 Å². The molecule has 2 N–H and O–H groups in total. The Morgan fingerprint density at radius 3 is 3.14 bits per heavy atom. The molecule has 0 radical (unpaired) electrons. The van der Waals surface area contributed by atoms with Crippen LogP contribution in [0.5, 0.6) is 0 Å². The Morgan fingerprint density at radius 1 is 1.71 bits per heavy atom. The Morgan fingerprint density at radius 2 is 2.57 bits per heavy atom. The third-order valence-electron chi connectivity index (χ3n) is 2.31. The summed E-state index contributed by atoms with van der Waals surface area (Å²) < 4.78 is 5.04. The molecule has 1 saturated heterocycles. The van der Waals surface area contributed by atoms with Gasteiger partial charge in [0.25, 0.3) is 0 Å². The summed E-state index contributed by atoms with van der Waals surface area (Å²) in [7, 11) is 0. The van der Waals surface area contributed by atoms with Gasteiger partial charge in [-0.1, -0.05) is 5.16 Å². The van der Waals surface area contributed by atoms with Gasteiger partial charge in [0.1, 0.15) is 0 Å². The van der Waals surface area contributed by atoms with Gasteiger partial charge >= 0.3 is 0 Å². The lowest BCUT2D eigenvalue weighted by Crippen LogP contribution is -2.06. The van der Waals surface area contributed by atoms with E-state index in [1.165, 1.54) is 18.6 Å². The zero-order valence-electron chi connectivity index (χ0n) is 8.27. The average molecular weight is 213 g/mol. The molecular formula is C9H15N3OS. The molecule has 2 unspecified atom stereocenters. The lowest BCUT2D eigenvalue weighted by atomic mass is 10.2. The van der Waals surface area contributed by atoms with Crippen LogP contribution in [0.15, 0.2) is 4.52 Å². The molecule has 1 aromatic rings. The van der Waals surface area contributed by atoms with Crippen molar-refractivity contribution in [3.8, 4) is 0 Å². The second kappa shape index (κ2) is 4.31. The van der Waals surface area contributed by atoms with Gasteiger partial charge in [-0.25, -0.2) is 0 Å². The van der Waals surface area contributed by atoms with Gasteiger partial charge in [-0.15, -0.1) is 0 Å². The predicted octanol–water partition coefficient (Wildman–Crippen LogP) is 1.53. The van der Waals surface area contributed by atoms with E-state index in [0.29, 0.717) is 11.1 Å². The molecule has 0 aliphatic carbocycles. The molecule has 0 aromatic carbocycles. The second-order valence-corrected chi connectivity index (χ2v) is 5.08. The van der Waals surface area contributed by atoms with E-state index in [2.05, 4.69) is 10.1 Å². The van der Waals surface area contributed by atoms with Gasteiger partial charge in [0, 0.05) is 11.7 Å². The standard InChI is InChI=1S/C9H15N3OS/c1-6(10)9-11-8(12-13-9)5-7-3-2-4-14-7/h6-7H,2-5,10H2,1H3. The van der Waals surface area contributed by atoms with E-state index in [4.69, 9.17) is 10.3 Å². The summed E-state index contributed by atoms with van der Waals surface area (Å²) in [5, 5.41) is 4.60. The molecule has 4 nitrogen and oxygen atoms in total. The highest BCUT2D eigenvalue weighted by atomic mass is 32.2. The first-order chi connectivity index (χ1) is 6.75. The van der Waals surface area contributed by atoms with Crippen molar-refractivity contribution in [2.45, 2.75) is 37.5 Å². The van der Waals surface area contributed by atoms with Gasteiger partial charge < -0.3 is 10.3 Å². The van der Waals surface area contributed by atoms with Gasteiger partial charge in [-0.2, -0.15) is 16.7 Å². The second-order valence-electron chi connectivity index (χ2n) is 3.68. The molecule has 1 aromatic heterocycles. The first-order valence-electron chi connectivity index (χ1n) is 4.95. The van der Waals surface area contributed by atoms with Crippen LogP contribution < -0.4 is 5.73 Å². The number of nitrogens with two attached hydrogens (primary N) is 1. The van der Waals surface area contributed by atoms with E-state index >= 15 is 0 Å². The highest BCUT2D eigenvalue weighted by Gasteiger charge is 2.19. The Balaban J connectivity index is 1.95. The van der Waals surface area contributed by atoms with Crippen molar-refractivity contribution < 1.29 is 4.52 Å². The smallest absolute Gasteiger partial charge is 0.243 e. The Kier molecular flexibility index (Phi) is 3.08. The van der Waals surface area contributed by atoms with Crippen LogP contribution in [0.4, 0.5) is 0 Å². The molecule has 0 bridgehead atoms. The zero-order chi connectivity index (χ0) is 9.97. The van der Waals surface area contributed by atoms with Crippen LogP contribution in [0, 0.1) is 0 Å². The fraction of sp³-hybridized carbons (Fsp3) is 0.778. The monoisotopic (exact) mass is 213 g/mol. The summed E-state index contributed by atoms with van der Waals surface area (Å²) in [5.74, 6) is 2.61. The van der Waals surface area contributed by atoms with Crippen LogP contribution in [-0.4, -0.2) is 21.1 Å². The minimum atomic E-state index is -0.160. The molecule has 0 spiro atoms. The first-order valence-corrected chi connectivity index (χ1v) is 6.00. The van der Waals surface area contributed by atoms with Gasteiger partial charge in [-0.3, -0.25) is 0 Å². The summed E-state index contributed by atoms with van der Waals surface area (Å²) >= 11 is 2.00. The van der Waals surface area contributed by atoms with Gasteiger partial charge in [-0.05, 0) is 25.5 Å². The molecule has 2 heterocycles. The number of hydrogen-bond donors (Lipinski definition) is 1. The third kappa shape index (κ3) is 2.27. The average Bonchev–Trinajstić information content (AvgIpc) is 2.75. The summed E-state index contributed by atoms with van der Waals surface area (Å²) in [6.45, 7) is 1.85. The normalized spacial score (nSPS) is 24.0. The van der Waals surface area contributed by atoms with Crippen molar-refractivity contribution >= 4 is 11.8 Å². The molecule has 2 atom stereocenters.